The van der Waals surface area contributed by atoms with Crippen LogP contribution in [0, 0.1) is 5.92 Å². The highest BCUT2D eigenvalue weighted by Gasteiger charge is 2.25. The van der Waals surface area contributed by atoms with Crippen LogP contribution in [0.5, 0.6) is 0 Å². The van der Waals surface area contributed by atoms with Gasteiger partial charge in [-0.2, -0.15) is 0 Å². The minimum atomic E-state index is -0.565. The first kappa shape index (κ1) is 12.2. The number of aliphatic hydroxyl groups is 1. The summed E-state index contributed by atoms with van der Waals surface area (Å²) in [6, 6.07) is 5.19. The van der Waals surface area contributed by atoms with Gasteiger partial charge in [0.05, 0.1) is 12.7 Å². The molecule has 1 aliphatic heterocycles. The third-order valence-electron chi connectivity index (χ3n) is 2.92. The Morgan fingerprint density at radius 3 is 2.81 bits per heavy atom. The van der Waals surface area contributed by atoms with Gasteiger partial charge in [-0.3, -0.25) is 0 Å². The fraction of sp³-hybridized carbons (Fsp3) is 0.500. The van der Waals surface area contributed by atoms with E-state index < -0.39 is 6.10 Å². The summed E-state index contributed by atoms with van der Waals surface area (Å²) in [5, 5.41) is 11.3. The van der Waals surface area contributed by atoms with Crippen LogP contribution in [0.25, 0.3) is 0 Å². The molecule has 1 saturated heterocycles. The van der Waals surface area contributed by atoms with Crippen LogP contribution < -0.4 is 0 Å². The minimum absolute atomic E-state index is 0.132. The van der Waals surface area contributed by atoms with E-state index in [1.165, 1.54) is 0 Å². The first-order valence-corrected chi connectivity index (χ1v) is 6.15. The quantitative estimate of drug-likeness (QED) is 0.883. The standard InChI is InChI=1S/C12H14Cl2O2/c13-9-3-4-10(11(14)6-9)12(15)8-2-1-5-16-7-8/h3-4,6,8,12,15H,1-2,5,7H2. The van der Waals surface area contributed by atoms with Crippen molar-refractivity contribution < 1.29 is 9.84 Å². The molecule has 1 aromatic rings. The lowest BCUT2D eigenvalue weighted by molar-refractivity contribution is -0.00992. The Balaban J connectivity index is 2.15. The second-order valence-electron chi connectivity index (χ2n) is 4.09. The highest BCUT2D eigenvalue weighted by Crippen LogP contribution is 2.33. The maximum Gasteiger partial charge on any atom is 0.0854 e. The zero-order valence-electron chi connectivity index (χ0n) is 8.83. The third kappa shape index (κ3) is 2.69. The Bertz CT molecular complexity index is 362. The molecular formula is C12H14Cl2O2. The Labute approximate surface area is 105 Å². The summed E-state index contributed by atoms with van der Waals surface area (Å²) in [6.45, 7) is 1.39. The maximum atomic E-state index is 10.2. The van der Waals surface area contributed by atoms with E-state index in [2.05, 4.69) is 0 Å². The van der Waals surface area contributed by atoms with Crippen molar-refractivity contribution in [1.82, 2.24) is 0 Å². The molecule has 1 aromatic carbocycles. The molecule has 2 rings (SSSR count). The zero-order valence-corrected chi connectivity index (χ0v) is 10.3. The average molecular weight is 261 g/mol. The van der Waals surface area contributed by atoms with Crippen molar-refractivity contribution >= 4 is 23.2 Å². The fourth-order valence-corrected chi connectivity index (χ4v) is 2.53. The van der Waals surface area contributed by atoms with Crippen LogP contribution in [0.2, 0.25) is 10.0 Å². The molecule has 0 bridgehead atoms. The van der Waals surface area contributed by atoms with Crippen LogP contribution in [0.1, 0.15) is 24.5 Å². The summed E-state index contributed by atoms with van der Waals surface area (Å²) in [5.41, 5.74) is 0.738. The number of benzene rings is 1. The number of hydrogen-bond acceptors (Lipinski definition) is 2. The molecule has 0 aromatic heterocycles. The summed E-state index contributed by atoms with van der Waals surface area (Å²) in [4.78, 5) is 0. The van der Waals surface area contributed by atoms with Gasteiger partial charge in [-0.15, -0.1) is 0 Å². The fourth-order valence-electron chi connectivity index (χ4n) is 2.01. The highest BCUT2D eigenvalue weighted by molar-refractivity contribution is 6.35. The Morgan fingerprint density at radius 2 is 2.19 bits per heavy atom. The van der Waals surface area contributed by atoms with Gasteiger partial charge in [0.15, 0.2) is 0 Å². The van der Waals surface area contributed by atoms with E-state index in [-0.39, 0.29) is 5.92 Å². The Kier molecular flexibility index (Phi) is 4.09. The van der Waals surface area contributed by atoms with Gasteiger partial charge < -0.3 is 9.84 Å². The van der Waals surface area contributed by atoms with E-state index in [1.54, 1.807) is 18.2 Å². The molecular weight excluding hydrogens is 247 g/mol. The molecule has 16 heavy (non-hydrogen) atoms. The number of halogens is 2. The SMILES string of the molecule is OC(c1ccc(Cl)cc1Cl)C1CCCOC1. The molecule has 0 spiro atoms. The Morgan fingerprint density at radius 1 is 1.38 bits per heavy atom. The molecule has 1 aliphatic rings. The normalized spacial score (nSPS) is 23.1. The predicted molar refractivity (Wildman–Crippen MR) is 65.0 cm³/mol. The second kappa shape index (κ2) is 5.37. The maximum absolute atomic E-state index is 10.2. The van der Waals surface area contributed by atoms with Crippen molar-refractivity contribution in [2.45, 2.75) is 18.9 Å². The molecule has 0 radical (unpaired) electrons. The molecule has 1 heterocycles. The number of aliphatic hydroxyl groups excluding tert-OH is 1. The summed E-state index contributed by atoms with van der Waals surface area (Å²) < 4.78 is 5.36. The summed E-state index contributed by atoms with van der Waals surface area (Å²) in [5.74, 6) is 0.132. The van der Waals surface area contributed by atoms with Gasteiger partial charge in [-0.1, -0.05) is 29.3 Å². The molecule has 2 unspecified atom stereocenters. The topological polar surface area (TPSA) is 29.5 Å². The third-order valence-corrected chi connectivity index (χ3v) is 3.49. The van der Waals surface area contributed by atoms with Crippen molar-refractivity contribution in [3.8, 4) is 0 Å². The monoisotopic (exact) mass is 260 g/mol. The van der Waals surface area contributed by atoms with Crippen molar-refractivity contribution in [3.63, 3.8) is 0 Å². The van der Waals surface area contributed by atoms with Gasteiger partial charge in [0, 0.05) is 22.6 Å². The van der Waals surface area contributed by atoms with Crippen molar-refractivity contribution in [2.24, 2.45) is 5.92 Å². The smallest absolute Gasteiger partial charge is 0.0854 e. The van der Waals surface area contributed by atoms with E-state index in [1.807, 2.05) is 0 Å². The van der Waals surface area contributed by atoms with E-state index in [0.717, 1.165) is 25.0 Å². The van der Waals surface area contributed by atoms with E-state index in [9.17, 15) is 5.11 Å². The molecule has 1 N–H and O–H groups in total. The first-order chi connectivity index (χ1) is 7.68. The van der Waals surface area contributed by atoms with Gasteiger partial charge in [0.1, 0.15) is 0 Å². The number of ether oxygens (including phenoxy) is 1. The summed E-state index contributed by atoms with van der Waals surface area (Å²) in [6.07, 6.45) is 1.40. The van der Waals surface area contributed by atoms with Crippen LogP contribution in [0.15, 0.2) is 18.2 Å². The first-order valence-electron chi connectivity index (χ1n) is 5.39. The van der Waals surface area contributed by atoms with Gasteiger partial charge in [-0.25, -0.2) is 0 Å². The van der Waals surface area contributed by atoms with Crippen molar-refractivity contribution in [1.29, 1.82) is 0 Å². The van der Waals surface area contributed by atoms with Crippen LogP contribution in [-0.2, 0) is 4.74 Å². The second-order valence-corrected chi connectivity index (χ2v) is 4.93. The largest absolute Gasteiger partial charge is 0.388 e. The van der Waals surface area contributed by atoms with Crippen molar-refractivity contribution in [2.75, 3.05) is 13.2 Å². The Hall–Kier alpha value is -0.280. The van der Waals surface area contributed by atoms with Crippen LogP contribution in [0.3, 0.4) is 0 Å². The molecule has 0 aliphatic carbocycles. The van der Waals surface area contributed by atoms with Crippen LogP contribution in [0.4, 0.5) is 0 Å². The average Bonchev–Trinajstić information content (AvgIpc) is 2.29. The lowest BCUT2D eigenvalue weighted by Gasteiger charge is -2.27. The van der Waals surface area contributed by atoms with Crippen LogP contribution >= 0.6 is 23.2 Å². The van der Waals surface area contributed by atoms with Gasteiger partial charge in [0.25, 0.3) is 0 Å². The molecule has 0 saturated carbocycles. The predicted octanol–water partition coefficient (Wildman–Crippen LogP) is 3.45. The van der Waals surface area contributed by atoms with Gasteiger partial charge >= 0.3 is 0 Å². The lowest BCUT2D eigenvalue weighted by atomic mass is 9.91. The number of rotatable bonds is 2. The van der Waals surface area contributed by atoms with E-state index in [4.69, 9.17) is 27.9 Å². The van der Waals surface area contributed by atoms with Gasteiger partial charge in [0.2, 0.25) is 0 Å². The minimum Gasteiger partial charge on any atom is -0.388 e. The van der Waals surface area contributed by atoms with Gasteiger partial charge in [-0.05, 0) is 30.5 Å². The van der Waals surface area contributed by atoms with E-state index in [0.29, 0.717) is 16.7 Å². The van der Waals surface area contributed by atoms with Crippen LogP contribution in [-0.4, -0.2) is 18.3 Å². The zero-order chi connectivity index (χ0) is 11.5. The molecule has 4 heteroatoms. The molecule has 2 atom stereocenters. The molecule has 1 fully saturated rings. The van der Waals surface area contributed by atoms with E-state index >= 15 is 0 Å². The summed E-state index contributed by atoms with van der Waals surface area (Å²) in [7, 11) is 0. The molecule has 88 valence electrons. The summed E-state index contributed by atoms with van der Waals surface area (Å²) >= 11 is 11.9. The lowest BCUT2D eigenvalue weighted by Crippen LogP contribution is -2.23. The highest BCUT2D eigenvalue weighted by atomic mass is 35.5. The van der Waals surface area contributed by atoms with Crippen molar-refractivity contribution in [3.05, 3.63) is 33.8 Å². The number of hydrogen-bond donors (Lipinski definition) is 1. The molecule has 2 nitrogen and oxygen atoms in total. The molecule has 0 amide bonds.